The van der Waals surface area contributed by atoms with Gasteiger partial charge in [-0.25, -0.2) is 0 Å². The Morgan fingerprint density at radius 3 is 1.19 bits per heavy atom. The molecule has 4 aromatic carbocycles. The monoisotopic (exact) mass is 424 g/mol. The van der Waals surface area contributed by atoms with Crippen molar-refractivity contribution >= 4 is 0 Å². The van der Waals surface area contributed by atoms with E-state index < -0.39 is 5.41 Å². The predicted octanol–water partition coefficient (Wildman–Crippen LogP) is 7.90. The third-order valence-corrected chi connectivity index (χ3v) is 5.55. The van der Waals surface area contributed by atoms with E-state index in [9.17, 15) is 10.2 Å². The maximum absolute atomic E-state index is 9.85. The lowest BCUT2D eigenvalue weighted by Crippen LogP contribution is -2.28. The summed E-state index contributed by atoms with van der Waals surface area (Å²) in [5.74, 6) is 0.498. The zero-order valence-electron chi connectivity index (χ0n) is 19.3. The van der Waals surface area contributed by atoms with E-state index in [1.165, 1.54) is 28.7 Å². The highest BCUT2D eigenvalue weighted by molar-refractivity contribution is 5.86. The molecule has 0 saturated carbocycles. The third kappa shape index (κ3) is 3.89. The van der Waals surface area contributed by atoms with Gasteiger partial charge in [0.05, 0.1) is 5.41 Å². The fourth-order valence-corrected chi connectivity index (χ4v) is 4.45. The first-order chi connectivity index (χ1) is 15.6. The molecule has 2 heteroatoms. The molecule has 0 radical (unpaired) electrons. The van der Waals surface area contributed by atoms with E-state index in [0.29, 0.717) is 0 Å². The van der Waals surface area contributed by atoms with Gasteiger partial charge in [0.15, 0.2) is 0 Å². The Balaban J connectivity index is 0.000000536. The average molecular weight is 425 g/mol. The van der Waals surface area contributed by atoms with Gasteiger partial charge in [-0.1, -0.05) is 107 Å². The normalized spacial score (nSPS) is 12.4. The molecule has 2 N–H and O–H groups in total. The van der Waals surface area contributed by atoms with Crippen LogP contribution in [0.2, 0.25) is 0 Å². The number of aromatic hydroxyl groups is 2. The molecular weight excluding hydrogens is 392 g/mol. The maximum atomic E-state index is 9.85. The van der Waals surface area contributed by atoms with Crippen LogP contribution in [0.4, 0.5) is 0 Å². The first-order valence-electron chi connectivity index (χ1n) is 11.4. The molecule has 164 valence electrons. The molecule has 0 saturated heterocycles. The van der Waals surface area contributed by atoms with Crippen LogP contribution in [0.1, 0.15) is 56.4 Å². The molecule has 0 heterocycles. The number of hydrogen-bond donors (Lipinski definition) is 2. The second kappa shape index (κ2) is 10.2. The number of benzene rings is 4. The minimum atomic E-state index is -0.491. The first-order valence-corrected chi connectivity index (χ1v) is 11.4. The Morgan fingerprint density at radius 1 is 0.531 bits per heavy atom. The summed E-state index contributed by atoms with van der Waals surface area (Å²) < 4.78 is 0. The quantitative estimate of drug-likeness (QED) is 0.302. The molecule has 0 aromatic heterocycles. The Labute approximate surface area is 191 Å². The number of phenolic OH excluding ortho intramolecular Hbond substituents is 2. The molecular formula is C30H32O2. The highest BCUT2D eigenvalue weighted by Crippen LogP contribution is 2.56. The molecule has 0 bridgehead atoms. The lowest BCUT2D eigenvalue weighted by Gasteiger charge is -2.33. The molecule has 0 amide bonds. The van der Waals surface area contributed by atoms with Gasteiger partial charge in [-0.3, -0.25) is 0 Å². The van der Waals surface area contributed by atoms with Crippen molar-refractivity contribution in [1.29, 1.82) is 0 Å². The molecule has 32 heavy (non-hydrogen) atoms. The first kappa shape index (κ1) is 23.1. The van der Waals surface area contributed by atoms with E-state index in [1.54, 1.807) is 24.3 Å². The average Bonchev–Trinajstić information content (AvgIpc) is 3.13. The summed E-state index contributed by atoms with van der Waals surface area (Å²) in [6.07, 6.45) is 1.25. The summed E-state index contributed by atoms with van der Waals surface area (Å²) in [4.78, 5) is 0. The fourth-order valence-electron chi connectivity index (χ4n) is 4.45. The molecule has 1 aliphatic carbocycles. The van der Waals surface area contributed by atoms with Gasteiger partial charge in [-0.15, -0.1) is 0 Å². The summed E-state index contributed by atoms with van der Waals surface area (Å²) in [6.45, 7) is 8.25. The second-order valence-electron chi connectivity index (χ2n) is 7.64. The Bertz CT molecular complexity index is 1050. The van der Waals surface area contributed by atoms with Crippen LogP contribution in [0.5, 0.6) is 11.5 Å². The minimum absolute atomic E-state index is 0.249. The van der Waals surface area contributed by atoms with Crippen LogP contribution in [0.25, 0.3) is 11.1 Å². The molecule has 1 aliphatic rings. The van der Waals surface area contributed by atoms with E-state index in [4.69, 9.17) is 0 Å². The van der Waals surface area contributed by atoms with Crippen molar-refractivity contribution in [2.45, 2.75) is 39.5 Å². The van der Waals surface area contributed by atoms with E-state index in [0.717, 1.165) is 11.1 Å². The molecule has 5 rings (SSSR count). The van der Waals surface area contributed by atoms with Gasteiger partial charge in [-0.2, -0.15) is 0 Å². The minimum Gasteiger partial charge on any atom is -0.508 e. The predicted molar refractivity (Wildman–Crippen MR) is 134 cm³/mol. The second-order valence-corrected chi connectivity index (χ2v) is 7.64. The summed E-state index contributed by atoms with van der Waals surface area (Å²) in [5, 5.41) is 19.7. The smallest absolute Gasteiger partial charge is 0.115 e. The Kier molecular flexibility index (Phi) is 7.37. The van der Waals surface area contributed by atoms with E-state index in [1.807, 2.05) is 38.1 Å². The number of rotatable bonds is 2. The molecule has 0 unspecified atom stereocenters. The number of fused-ring (bicyclic) bond motifs is 3. The third-order valence-electron chi connectivity index (χ3n) is 5.55. The summed E-state index contributed by atoms with van der Waals surface area (Å²) >= 11 is 0. The largest absolute Gasteiger partial charge is 0.508 e. The van der Waals surface area contributed by atoms with Crippen molar-refractivity contribution < 1.29 is 10.2 Å². The van der Waals surface area contributed by atoms with Crippen molar-refractivity contribution in [2.24, 2.45) is 0 Å². The van der Waals surface area contributed by atoms with E-state index >= 15 is 0 Å². The highest BCUT2D eigenvalue weighted by atomic mass is 16.3. The van der Waals surface area contributed by atoms with Gasteiger partial charge in [0.2, 0.25) is 0 Å². The Hall–Kier alpha value is -3.52. The van der Waals surface area contributed by atoms with Gasteiger partial charge in [0.1, 0.15) is 11.5 Å². The van der Waals surface area contributed by atoms with Crippen LogP contribution < -0.4 is 0 Å². The molecule has 2 nitrogen and oxygen atoms in total. The van der Waals surface area contributed by atoms with Crippen LogP contribution in [-0.4, -0.2) is 10.2 Å². The van der Waals surface area contributed by atoms with Crippen molar-refractivity contribution in [3.63, 3.8) is 0 Å². The lowest BCUT2D eigenvalue weighted by atomic mass is 9.68. The number of phenols is 2. The van der Waals surface area contributed by atoms with Crippen LogP contribution in [0, 0.1) is 0 Å². The highest BCUT2D eigenvalue weighted by Gasteiger charge is 2.45. The number of hydrogen-bond acceptors (Lipinski definition) is 2. The van der Waals surface area contributed by atoms with Gasteiger partial charge in [0, 0.05) is 0 Å². The van der Waals surface area contributed by atoms with E-state index in [2.05, 4.69) is 62.4 Å². The zero-order chi connectivity index (χ0) is 23.1. The fraction of sp³-hybridized carbons (Fsp3) is 0.200. The summed E-state index contributed by atoms with van der Waals surface area (Å²) in [6, 6.07) is 31.9. The lowest BCUT2D eigenvalue weighted by molar-refractivity contribution is 0.475. The van der Waals surface area contributed by atoms with Gasteiger partial charge in [0.25, 0.3) is 0 Å². The molecule has 0 fully saturated rings. The van der Waals surface area contributed by atoms with Crippen molar-refractivity contribution in [2.75, 3.05) is 0 Å². The molecule has 4 aromatic rings. The zero-order valence-corrected chi connectivity index (χ0v) is 19.3. The van der Waals surface area contributed by atoms with Crippen molar-refractivity contribution in [1.82, 2.24) is 0 Å². The SMILES string of the molecule is CC.CCC.Oc1ccc(C2(c3ccc(O)cc3)c3ccccc3-c3ccccc32)cc1. The van der Waals surface area contributed by atoms with Gasteiger partial charge in [-0.05, 0) is 57.6 Å². The van der Waals surface area contributed by atoms with Crippen molar-refractivity contribution in [3.8, 4) is 22.6 Å². The van der Waals surface area contributed by atoms with Gasteiger partial charge >= 0.3 is 0 Å². The topological polar surface area (TPSA) is 40.5 Å². The molecule has 0 aliphatic heterocycles. The molecule has 0 atom stereocenters. The van der Waals surface area contributed by atoms with Crippen LogP contribution >= 0.6 is 0 Å². The van der Waals surface area contributed by atoms with Crippen LogP contribution in [0.15, 0.2) is 97.1 Å². The van der Waals surface area contributed by atoms with Gasteiger partial charge < -0.3 is 10.2 Å². The maximum Gasteiger partial charge on any atom is 0.115 e. The Morgan fingerprint density at radius 2 is 0.844 bits per heavy atom. The summed E-state index contributed by atoms with van der Waals surface area (Å²) in [5.41, 5.74) is 6.54. The van der Waals surface area contributed by atoms with Crippen molar-refractivity contribution in [3.05, 3.63) is 119 Å². The molecule has 0 spiro atoms. The van der Waals surface area contributed by atoms with E-state index in [-0.39, 0.29) is 11.5 Å². The summed E-state index contributed by atoms with van der Waals surface area (Å²) in [7, 11) is 0. The standard InChI is InChI=1S/C25H18O2.C3H8.C2H6/c26-19-13-9-17(10-14-19)25(18-11-15-20(27)16-12-18)23-7-3-1-5-21(23)22-6-2-4-8-24(22)25;1-3-2;1-2/h1-16,26-27H;3H2,1-2H3;1-2H3. The van der Waals surface area contributed by atoms with Crippen LogP contribution in [-0.2, 0) is 5.41 Å². The van der Waals surface area contributed by atoms with Crippen LogP contribution in [0.3, 0.4) is 0 Å².